The van der Waals surface area contributed by atoms with E-state index >= 15 is 0 Å². The Labute approximate surface area is 137 Å². The average molecular weight is 406 g/mol. The number of imidazole rings is 1. The van der Waals surface area contributed by atoms with Crippen molar-refractivity contribution >= 4 is 45.8 Å². The zero-order valence-corrected chi connectivity index (χ0v) is 14.4. The highest BCUT2D eigenvalue weighted by Crippen LogP contribution is 2.27. The van der Waals surface area contributed by atoms with Crippen LogP contribution in [0.3, 0.4) is 0 Å². The summed E-state index contributed by atoms with van der Waals surface area (Å²) in [6.45, 7) is 3.58. The van der Waals surface area contributed by atoms with Crippen LogP contribution in [0.2, 0.25) is 5.02 Å². The van der Waals surface area contributed by atoms with Crippen LogP contribution in [0.15, 0.2) is 24.4 Å². The van der Waals surface area contributed by atoms with E-state index in [9.17, 15) is 0 Å². The number of hydrogen-bond acceptors (Lipinski definition) is 3. The van der Waals surface area contributed by atoms with Crippen LogP contribution in [-0.2, 0) is 11.3 Å². The molecule has 2 rings (SSSR count). The molecule has 0 amide bonds. The lowest BCUT2D eigenvalue weighted by Crippen LogP contribution is -2.05. The molecule has 0 aliphatic rings. The molecule has 0 atom stereocenters. The van der Waals surface area contributed by atoms with Crippen molar-refractivity contribution in [2.75, 3.05) is 19.0 Å². The van der Waals surface area contributed by atoms with Gasteiger partial charge in [0.1, 0.15) is 0 Å². The van der Waals surface area contributed by atoms with E-state index in [1.54, 1.807) is 7.11 Å². The third-order valence-corrected chi connectivity index (χ3v) is 3.81. The van der Waals surface area contributed by atoms with E-state index < -0.39 is 0 Å². The van der Waals surface area contributed by atoms with Crippen LogP contribution >= 0.6 is 34.2 Å². The van der Waals surface area contributed by atoms with E-state index in [0.29, 0.717) is 5.02 Å². The molecule has 1 heterocycles. The van der Waals surface area contributed by atoms with Crippen LogP contribution < -0.4 is 5.32 Å². The molecule has 0 radical (unpaired) electrons. The number of anilines is 2. The van der Waals surface area contributed by atoms with Crippen LogP contribution in [0.5, 0.6) is 0 Å². The third-order valence-electron chi connectivity index (χ3n) is 2.82. The summed E-state index contributed by atoms with van der Waals surface area (Å²) in [5.74, 6) is 0.807. The topological polar surface area (TPSA) is 39.1 Å². The summed E-state index contributed by atoms with van der Waals surface area (Å²) in [5.41, 5.74) is 1.84. The van der Waals surface area contributed by atoms with Crippen LogP contribution in [0.4, 0.5) is 11.6 Å². The van der Waals surface area contributed by atoms with Crippen LogP contribution in [0.25, 0.3) is 0 Å². The maximum Gasteiger partial charge on any atom is 0.207 e. The molecule has 0 aliphatic carbocycles. The fourth-order valence-electron chi connectivity index (χ4n) is 1.91. The molecular weight excluding hydrogens is 389 g/mol. The summed E-state index contributed by atoms with van der Waals surface area (Å²) < 4.78 is 8.28. The summed E-state index contributed by atoms with van der Waals surface area (Å²) in [4.78, 5) is 4.50. The first-order valence-electron chi connectivity index (χ1n) is 6.35. The van der Waals surface area contributed by atoms with Crippen molar-refractivity contribution in [2.24, 2.45) is 0 Å². The fraction of sp³-hybridized carbons (Fsp3) is 0.357. The molecule has 4 nitrogen and oxygen atoms in total. The molecule has 0 unspecified atom stereocenters. The first-order chi connectivity index (χ1) is 9.60. The average Bonchev–Trinajstić information content (AvgIpc) is 2.73. The lowest BCUT2D eigenvalue weighted by atomic mass is 10.3. The number of aromatic nitrogens is 2. The van der Waals surface area contributed by atoms with E-state index in [2.05, 4.69) is 37.5 Å². The number of benzene rings is 1. The van der Waals surface area contributed by atoms with Crippen LogP contribution in [0, 0.1) is 10.5 Å². The predicted molar refractivity (Wildman–Crippen MR) is 90.9 cm³/mol. The van der Waals surface area contributed by atoms with Crippen molar-refractivity contribution in [1.82, 2.24) is 9.55 Å². The van der Waals surface area contributed by atoms with Gasteiger partial charge in [0.25, 0.3) is 0 Å². The number of aryl methyl sites for hydroxylation is 2. The van der Waals surface area contributed by atoms with Gasteiger partial charge in [-0.1, -0.05) is 11.6 Å². The lowest BCUT2D eigenvalue weighted by Gasteiger charge is -2.11. The first-order valence-corrected chi connectivity index (χ1v) is 7.80. The number of hydrogen-bond donors (Lipinski definition) is 1. The van der Waals surface area contributed by atoms with Gasteiger partial charge in [-0.05, 0) is 54.1 Å². The van der Waals surface area contributed by atoms with Gasteiger partial charge in [0.05, 0.1) is 16.4 Å². The maximum atomic E-state index is 6.24. The molecule has 108 valence electrons. The van der Waals surface area contributed by atoms with E-state index in [4.69, 9.17) is 16.3 Å². The Balaban J connectivity index is 2.15. The highest BCUT2D eigenvalue weighted by atomic mass is 127. The van der Waals surface area contributed by atoms with Gasteiger partial charge in [0.2, 0.25) is 5.95 Å². The van der Waals surface area contributed by atoms with E-state index in [-0.39, 0.29) is 0 Å². The molecule has 20 heavy (non-hydrogen) atoms. The quantitative estimate of drug-likeness (QED) is 0.577. The fourth-order valence-corrected chi connectivity index (χ4v) is 2.81. The molecule has 1 aromatic carbocycles. The molecule has 1 N–H and O–H groups in total. The normalized spacial score (nSPS) is 10.8. The van der Waals surface area contributed by atoms with Gasteiger partial charge in [-0.2, -0.15) is 0 Å². The number of nitrogens with one attached hydrogen (secondary N) is 1. The molecule has 2 aromatic rings. The van der Waals surface area contributed by atoms with Crippen molar-refractivity contribution < 1.29 is 4.74 Å². The summed E-state index contributed by atoms with van der Waals surface area (Å²) in [5, 5.41) is 3.99. The van der Waals surface area contributed by atoms with Crippen molar-refractivity contribution in [3.05, 3.63) is 38.7 Å². The second-order valence-electron chi connectivity index (χ2n) is 4.49. The minimum absolute atomic E-state index is 0.695. The third kappa shape index (κ3) is 4.10. The van der Waals surface area contributed by atoms with Gasteiger partial charge in [-0.3, -0.25) is 0 Å². The Bertz CT molecular complexity index is 586. The van der Waals surface area contributed by atoms with Gasteiger partial charge in [-0.25, -0.2) is 4.98 Å². The molecule has 1 aromatic heterocycles. The second kappa shape index (κ2) is 7.28. The standard InChI is InChI=1S/C14H17ClIN3O/c1-10-9-19(6-3-7-20-2)14(17-10)18-13-5-4-11(16)8-12(13)15/h4-5,8-9H,3,6-7H2,1-2H3,(H,17,18). The molecule has 0 saturated heterocycles. The summed E-state index contributed by atoms with van der Waals surface area (Å²) in [6, 6.07) is 5.91. The first kappa shape index (κ1) is 15.6. The van der Waals surface area contributed by atoms with Gasteiger partial charge in [0.15, 0.2) is 0 Å². The number of halogens is 2. The lowest BCUT2D eigenvalue weighted by molar-refractivity contribution is 0.190. The van der Waals surface area contributed by atoms with Gasteiger partial charge >= 0.3 is 0 Å². The molecule has 0 spiro atoms. The number of rotatable bonds is 6. The van der Waals surface area contributed by atoms with Crippen LogP contribution in [0.1, 0.15) is 12.1 Å². The Kier molecular flexibility index (Phi) is 5.68. The monoisotopic (exact) mass is 405 g/mol. The highest BCUT2D eigenvalue weighted by Gasteiger charge is 2.08. The van der Waals surface area contributed by atoms with Crippen molar-refractivity contribution in [3.63, 3.8) is 0 Å². The Hall–Kier alpha value is -0.790. The van der Waals surface area contributed by atoms with Crippen molar-refractivity contribution in [3.8, 4) is 0 Å². The maximum absolute atomic E-state index is 6.24. The molecule has 0 saturated carbocycles. The van der Waals surface area contributed by atoms with Crippen molar-refractivity contribution in [1.29, 1.82) is 0 Å². The second-order valence-corrected chi connectivity index (χ2v) is 6.15. The number of methoxy groups -OCH3 is 1. The SMILES string of the molecule is COCCCn1cc(C)nc1Nc1ccc(I)cc1Cl. The Morgan fingerprint density at radius 1 is 1.45 bits per heavy atom. The van der Waals surface area contributed by atoms with Crippen LogP contribution in [-0.4, -0.2) is 23.3 Å². The largest absolute Gasteiger partial charge is 0.385 e. The minimum Gasteiger partial charge on any atom is -0.385 e. The van der Waals surface area contributed by atoms with Gasteiger partial charge in [0, 0.05) is 30.0 Å². The molecule has 0 fully saturated rings. The molecule has 6 heteroatoms. The summed E-state index contributed by atoms with van der Waals surface area (Å²) >= 11 is 8.48. The highest BCUT2D eigenvalue weighted by molar-refractivity contribution is 14.1. The van der Waals surface area contributed by atoms with E-state index in [1.165, 1.54) is 0 Å². The van der Waals surface area contributed by atoms with Gasteiger partial charge < -0.3 is 14.6 Å². The van der Waals surface area contributed by atoms with Crippen molar-refractivity contribution in [2.45, 2.75) is 19.9 Å². The number of ether oxygens (including phenoxy) is 1. The molecular formula is C14H17ClIN3O. The zero-order valence-electron chi connectivity index (χ0n) is 11.5. The summed E-state index contributed by atoms with van der Waals surface area (Å²) in [7, 11) is 1.71. The minimum atomic E-state index is 0.695. The number of nitrogens with zero attached hydrogens (tertiary/aromatic N) is 2. The molecule has 0 aliphatic heterocycles. The molecule has 0 bridgehead atoms. The van der Waals surface area contributed by atoms with Gasteiger partial charge in [-0.15, -0.1) is 0 Å². The van der Waals surface area contributed by atoms with E-state index in [0.717, 1.165) is 40.5 Å². The smallest absolute Gasteiger partial charge is 0.207 e. The Morgan fingerprint density at radius 3 is 2.95 bits per heavy atom. The summed E-state index contributed by atoms with van der Waals surface area (Å²) in [6.07, 6.45) is 2.97. The van der Waals surface area contributed by atoms with E-state index in [1.807, 2.05) is 31.3 Å². The zero-order chi connectivity index (χ0) is 14.5. The Morgan fingerprint density at radius 2 is 2.25 bits per heavy atom. The predicted octanol–water partition coefficient (Wildman–Crippen LogP) is 4.23.